The zero-order chi connectivity index (χ0) is 12.2. The standard InChI is InChI=1S/C10H17N3O2S/c1-4-10(3,5-2)13-7-11-12-9(13)16-6-8(14)15/h7H,4-6H2,1-3H3,(H,14,15). The molecule has 1 heterocycles. The molecule has 5 nitrogen and oxygen atoms in total. The van der Waals surface area contributed by atoms with Crippen LogP contribution in [0, 0.1) is 0 Å². The molecule has 1 aromatic heterocycles. The molecule has 0 aromatic carbocycles. The molecule has 0 aliphatic carbocycles. The van der Waals surface area contributed by atoms with Crippen LogP contribution in [0.2, 0.25) is 0 Å². The Labute approximate surface area is 99.3 Å². The third-order valence-electron chi connectivity index (χ3n) is 2.95. The van der Waals surface area contributed by atoms with Gasteiger partial charge in [-0.15, -0.1) is 10.2 Å². The van der Waals surface area contributed by atoms with Crippen LogP contribution in [0.15, 0.2) is 11.5 Å². The van der Waals surface area contributed by atoms with E-state index in [9.17, 15) is 4.79 Å². The van der Waals surface area contributed by atoms with Crippen molar-refractivity contribution in [2.45, 2.75) is 44.3 Å². The molecule has 90 valence electrons. The predicted octanol–water partition coefficient (Wildman–Crippen LogP) is 1.99. The minimum atomic E-state index is -0.839. The van der Waals surface area contributed by atoms with Crippen LogP contribution in [0.5, 0.6) is 0 Å². The van der Waals surface area contributed by atoms with E-state index in [-0.39, 0.29) is 11.3 Å². The summed E-state index contributed by atoms with van der Waals surface area (Å²) >= 11 is 1.21. The van der Waals surface area contributed by atoms with Crippen LogP contribution in [0.4, 0.5) is 0 Å². The number of aliphatic carboxylic acids is 1. The van der Waals surface area contributed by atoms with Gasteiger partial charge >= 0.3 is 5.97 Å². The Balaban J connectivity index is 2.88. The van der Waals surface area contributed by atoms with Gasteiger partial charge in [0.05, 0.1) is 5.75 Å². The van der Waals surface area contributed by atoms with Crippen molar-refractivity contribution >= 4 is 17.7 Å². The van der Waals surface area contributed by atoms with Crippen molar-refractivity contribution in [3.8, 4) is 0 Å². The molecule has 1 aromatic rings. The van der Waals surface area contributed by atoms with E-state index in [1.165, 1.54) is 11.8 Å². The van der Waals surface area contributed by atoms with Crippen molar-refractivity contribution < 1.29 is 9.90 Å². The maximum atomic E-state index is 10.5. The van der Waals surface area contributed by atoms with E-state index in [0.29, 0.717) is 5.16 Å². The number of hydrogen-bond donors (Lipinski definition) is 1. The molecule has 0 spiro atoms. The van der Waals surface area contributed by atoms with Crippen LogP contribution >= 0.6 is 11.8 Å². The second-order valence-electron chi connectivity index (χ2n) is 3.87. The molecule has 0 aliphatic heterocycles. The quantitative estimate of drug-likeness (QED) is 0.774. The third kappa shape index (κ3) is 2.75. The van der Waals surface area contributed by atoms with E-state index in [1.807, 2.05) is 4.57 Å². The lowest BCUT2D eigenvalue weighted by Crippen LogP contribution is -2.28. The number of nitrogens with zero attached hydrogens (tertiary/aromatic N) is 3. The molecule has 16 heavy (non-hydrogen) atoms. The first-order chi connectivity index (χ1) is 7.53. The summed E-state index contributed by atoms with van der Waals surface area (Å²) < 4.78 is 1.97. The van der Waals surface area contributed by atoms with Crippen LogP contribution in [0.25, 0.3) is 0 Å². The Morgan fingerprint density at radius 3 is 2.69 bits per heavy atom. The van der Waals surface area contributed by atoms with Gasteiger partial charge in [-0.3, -0.25) is 4.79 Å². The minimum Gasteiger partial charge on any atom is -0.481 e. The molecule has 0 atom stereocenters. The number of carboxylic acids is 1. The fraction of sp³-hybridized carbons (Fsp3) is 0.700. The van der Waals surface area contributed by atoms with Crippen molar-refractivity contribution in [1.29, 1.82) is 0 Å². The van der Waals surface area contributed by atoms with Gasteiger partial charge in [0, 0.05) is 5.54 Å². The maximum absolute atomic E-state index is 10.5. The van der Waals surface area contributed by atoms with E-state index >= 15 is 0 Å². The second-order valence-corrected chi connectivity index (χ2v) is 4.81. The molecule has 0 fully saturated rings. The number of aromatic nitrogens is 3. The first-order valence-electron chi connectivity index (χ1n) is 5.28. The summed E-state index contributed by atoms with van der Waals surface area (Å²) in [7, 11) is 0. The molecule has 0 saturated heterocycles. The Bertz CT molecular complexity index is 361. The Hall–Kier alpha value is -1.04. The van der Waals surface area contributed by atoms with Crippen LogP contribution in [-0.4, -0.2) is 31.6 Å². The van der Waals surface area contributed by atoms with Gasteiger partial charge in [0.1, 0.15) is 6.33 Å². The molecule has 1 rings (SSSR count). The predicted molar refractivity (Wildman–Crippen MR) is 62.6 cm³/mol. The second kappa shape index (κ2) is 5.34. The highest BCUT2D eigenvalue weighted by Gasteiger charge is 2.25. The van der Waals surface area contributed by atoms with E-state index in [0.717, 1.165) is 12.8 Å². The zero-order valence-electron chi connectivity index (χ0n) is 9.80. The van der Waals surface area contributed by atoms with Gasteiger partial charge in [0.25, 0.3) is 0 Å². The molecular weight excluding hydrogens is 226 g/mol. The molecule has 0 aliphatic rings. The normalized spacial score (nSPS) is 11.7. The molecule has 6 heteroatoms. The van der Waals surface area contributed by atoms with Gasteiger partial charge in [-0.05, 0) is 19.8 Å². The monoisotopic (exact) mass is 243 g/mol. The Morgan fingerprint density at radius 1 is 1.56 bits per heavy atom. The van der Waals surface area contributed by atoms with Gasteiger partial charge in [-0.2, -0.15) is 0 Å². The van der Waals surface area contributed by atoms with Gasteiger partial charge in [0.2, 0.25) is 0 Å². The van der Waals surface area contributed by atoms with E-state index in [1.54, 1.807) is 6.33 Å². The largest absolute Gasteiger partial charge is 0.481 e. The molecular formula is C10H17N3O2S. The first-order valence-corrected chi connectivity index (χ1v) is 6.27. The highest BCUT2D eigenvalue weighted by atomic mass is 32.2. The van der Waals surface area contributed by atoms with Gasteiger partial charge < -0.3 is 9.67 Å². The average Bonchev–Trinajstić information content (AvgIpc) is 2.74. The summed E-state index contributed by atoms with van der Waals surface area (Å²) in [5.41, 5.74) is -0.0374. The average molecular weight is 243 g/mol. The van der Waals surface area contributed by atoms with Crippen LogP contribution < -0.4 is 0 Å². The fourth-order valence-electron chi connectivity index (χ4n) is 1.41. The highest BCUT2D eigenvalue weighted by Crippen LogP contribution is 2.28. The fourth-order valence-corrected chi connectivity index (χ4v) is 2.17. The van der Waals surface area contributed by atoms with Crippen LogP contribution in [-0.2, 0) is 10.3 Å². The van der Waals surface area contributed by atoms with Crippen LogP contribution in [0.1, 0.15) is 33.6 Å². The van der Waals surface area contributed by atoms with Gasteiger partial charge in [-0.25, -0.2) is 0 Å². The molecule has 0 bridgehead atoms. The summed E-state index contributed by atoms with van der Waals surface area (Å²) in [6, 6.07) is 0. The topological polar surface area (TPSA) is 68.0 Å². The molecule has 1 N–H and O–H groups in total. The lowest BCUT2D eigenvalue weighted by molar-refractivity contribution is -0.133. The minimum absolute atomic E-state index is 0.0161. The number of carbonyl (C=O) groups is 1. The smallest absolute Gasteiger partial charge is 0.313 e. The molecule has 0 unspecified atom stereocenters. The summed E-state index contributed by atoms with van der Waals surface area (Å²) in [5.74, 6) is -0.823. The summed E-state index contributed by atoms with van der Waals surface area (Å²) in [6.07, 6.45) is 3.60. The Kier molecular flexibility index (Phi) is 4.35. The van der Waals surface area contributed by atoms with Crippen molar-refractivity contribution in [2.24, 2.45) is 0 Å². The molecule has 0 amide bonds. The third-order valence-corrected chi connectivity index (χ3v) is 3.87. The zero-order valence-corrected chi connectivity index (χ0v) is 10.6. The number of thioether (sulfide) groups is 1. The van der Waals surface area contributed by atoms with Crippen molar-refractivity contribution in [3.63, 3.8) is 0 Å². The first kappa shape index (κ1) is 13.0. The number of rotatable bonds is 6. The van der Waals surface area contributed by atoms with Gasteiger partial charge in [-0.1, -0.05) is 25.6 Å². The molecule has 0 radical (unpaired) electrons. The number of hydrogen-bond acceptors (Lipinski definition) is 4. The van der Waals surface area contributed by atoms with Crippen molar-refractivity contribution in [2.75, 3.05) is 5.75 Å². The Morgan fingerprint density at radius 2 is 2.19 bits per heavy atom. The maximum Gasteiger partial charge on any atom is 0.313 e. The summed E-state index contributed by atoms with van der Waals surface area (Å²) in [6.45, 7) is 6.34. The van der Waals surface area contributed by atoms with E-state index in [4.69, 9.17) is 5.11 Å². The molecule has 0 saturated carbocycles. The van der Waals surface area contributed by atoms with E-state index < -0.39 is 5.97 Å². The lowest BCUT2D eigenvalue weighted by Gasteiger charge is -2.29. The van der Waals surface area contributed by atoms with Crippen molar-refractivity contribution in [1.82, 2.24) is 14.8 Å². The highest BCUT2D eigenvalue weighted by molar-refractivity contribution is 7.99. The van der Waals surface area contributed by atoms with Crippen molar-refractivity contribution in [3.05, 3.63) is 6.33 Å². The van der Waals surface area contributed by atoms with Crippen LogP contribution in [0.3, 0.4) is 0 Å². The number of carboxylic acid groups (broad SMARTS) is 1. The SMILES string of the molecule is CCC(C)(CC)n1cnnc1SCC(=O)O. The lowest BCUT2D eigenvalue weighted by atomic mass is 9.95. The van der Waals surface area contributed by atoms with E-state index in [2.05, 4.69) is 31.0 Å². The summed E-state index contributed by atoms with van der Waals surface area (Å²) in [5, 5.41) is 17.1. The van der Waals surface area contributed by atoms with Gasteiger partial charge in [0.15, 0.2) is 5.16 Å². The summed E-state index contributed by atoms with van der Waals surface area (Å²) in [4.78, 5) is 10.5.